The fourth-order valence-electron chi connectivity index (χ4n) is 1.41. The molecule has 19 heavy (non-hydrogen) atoms. The summed E-state index contributed by atoms with van der Waals surface area (Å²) in [6.45, 7) is 5.64. The van der Waals surface area contributed by atoms with Gasteiger partial charge in [-0.05, 0) is 24.1 Å². The SMILES string of the molecule is CC(C)C(C)C(=O)Nc1cc(Cl)ccc1C#CCO. The topological polar surface area (TPSA) is 49.3 Å². The van der Waals surface area contributed by atoms with Crippen LogP contribution in [0.5, 0.6) is 0 Å². The number of rotatable bonds is 3. The average molecular weight is 280 g/mol. The van der Waals surface area contributed by atoms with E-state index in [1.54, 1.807) is 18.2 Å². The number of carbonyl (C=O) groups excluding carboxylic acids is 1. The average Bonchev–Trinajstić information content (AvgIpc) is 2.36. The van der Waals surface area contributed by atoms with Gasteiger partial charge >= 0.3 is 0 Å². The molecule has 3 nitrogen and oxygen atoms in total. The predicted molar refractivity (Wildman–Crippen MR) is 78.0 cm³/mol. The van der Waals surface area contributed by atoms with Crippen LogP contribution in [0.4, 0.5) is 5.69 Å². The highest BCUT2D eigenvalue weighted by molar-refractivity contribution is 6.31. The zero-order valence-corrected chi connectivity index (χ0v) is 12.1. The predicted octanol–water partition coefficient (Wildman–Crippen LogP) is 2.91. The van der Waals surface area contributed by atoms with Gasteiger partial charge in [-0.15, -0.1) is 0 Å². The van der Waals surface area contributed by atoms with E-state index < -0.39 is 0 Å². The first-order chi connectivity index (χ1) is 8.95. The molecule has 0 aliphatic rings. The number of halogens is 1. The minimum Gasteiger partial charge on any atom is -0.384 e. The lowest BCUT2D eigenvalue weighted by atomic mass is 9.97. The molecule has 0 saturated heterocycles. The first-order valence-electron chi connectivity index (χ1n) is 6.15. The van der Waals surface area contributed by atoms with Crippen LogP contribution < -0.4 is 5.32 Å². The minimum absolute atomic E-state index is 0.0654. The van der Waals surface area contributed by atoms with Crippen molar-refractivity contribution in [3.05, 3.63) is 28.8 Å². The Bertz CT molecular complexity index is 515. The van der Waals surface area contributed by atoms with E-state index in [0.29, 0.717) is 16.3 Å². The second-order valence-electron chi connectivity index (χ2n) is 4.67. The molecule has 2 N–H and O–H groups in total. The Kier molecular flexibility index (Phi) is 5.88. The molecule has 0 spiro atoms. The first-order valence-corrected chi connectivity index (χ1v) is 6.53. The highest BCUT2D eigenvalue weighted by Crippen LogP contribution is 2.22. The first kappa shape index (κ1) is 15.6. The highest BCUT2D eigenvalue weighted by atomic mass is 35.5. The summed E-state index contributed by atoms with van der Waals surface area (Å²) in [6, 6.07) is 5.08. The lowest BCUT2D eigenvalue weighted by Crippen LogP contribution is -2.24. The lowest BCUT2D eigenvalue weighted by Gasteiger charge is -2.16. The number of hydrogen-bond acceptors (Lipinski definition) is 2. The molecule has 1 aromatic rings. The van der Waals surface area contributed by atoms with Crippen LogP contribution in [0.3, 0.4) is 0 Å². The Morgan fingerprint density at radius 3 is 2.68 bits per heavy atom. The van der Waals surface area contributed by atoms with E-state index >= 15 is 0 Å². The van der Waals surface area contributed by atoms with Crippen molar-refractivity contribution in [3.63, 3.8) is 0 Å². The van der Waals surface area contributed by atoms with Gasteiger partial charge in [0.2, 0.25) is 5.91 Å². The Balaban J connectivity index is 2.99. The molecular weight excluding hydrogens is 262 g/mol. The smallest absolute Gasteiger partial charge is 0.227 e. The maximum atomic E-state index is 12.0. The number of hydrogen-bond donors (Lipinski definition) is 2. The number of carbonyl (C=O) groups is 1. The van der Waals surface area contributed by atoms with Gasteiger partial charge in [-0.1, -0.05) is 44.2 Å². The zero-order chi connectivity index (χ0) is 14.4. The van der Waals surface area contributed by atoms with Crippen molar-refractivity contribution in [1.29, 1.82) is 0 Å². The summed E-state index contributed by atoms with van der Waals surface area (Å²) in [7, 11) is 0. The van der Waals surface area contributed by atoms with E-state index in [2.05, 4.69) is 17.2 Å². The number of anilines is 1. The van der Waals surface area contributed by atoms with Crippen molar-refractivity contribution in [2.75, 3.05) is 11.9 Å². The molecule has 0 aliphatic carbocycles. The van der Waals surface area contributed by atoms with Crippen LogP contribution in [-0.2, 0) is 4.79 Å². The number of nitrogens with one attached hydrogen (secondary N) is 1. The molecule has 0 bridgehead atoms. The van der Waals surface area contributed by atoms with Crippen molar-refractivity contribution >= 4 is 23.2 Å². The van der Waals surface area contributed by atoms with Crippen LogP contribution in [-0.4, -0.2) is 17.6 Å². The maximum Gasteiger partial charge on any atom is 0.227 e. The largest absolute Gasteiger partial charge is 0.384 e. The van der Waals surface area contributed by atoms with Gasteiger partial charge in [0, 0.05) is 16.5 Å². The zero-order valence-electron chi connectivity index (χ0n) is 11.3. The van der Waals surface area contributed by atoms with Gasteiger partial charge in [-0.25, -0.2) is 0 Å². The lowest BCUT2D eigenvalue weighted by molar-refractivity contribution is -0.120. The van der Waals surface area contributed by atoms with Crippen LogP contribution in [0.15, 0.2) is 18.2 Å². The third-order valence-electron chi connectivity index (χ3n) is 2.96. The Labute approximate surface area is 119 Å². The fourth-order valence-corrected chi connectivity index (χ4v) is 1.59. The van der Waals surface area contributed by atoms with Gasteiger partial charge in [-0.2, -0.15) is 0 Å². The molecule has 0 aromatic heterocycles. The minimum atomic E-state index is -0.224. The molecule has 1 rings (SSSR count). The maximum absolute atomic E-state index is 12.0. The standard InChI is InChI=1S/C15H18ClNO2/c1-10(2)11(3)15(19)17-14-9-13(16)7-6-12(14)5-4-8-18/h6-7,9-11,18H,8H2,1-3H3,(H,17,19). The summed E-state index contributed by atoms with van der Waals surface area (Å²) < 4.78 is 0. The highest BCUT2D eigenvalue weighted by Gasteiger charge is 2.17. The van der Waals surface area contributed by atoms with E-state index in [1.165, 1.54) is 0 Å². The summed E-state index contributed by atoms with van der Waals surface area (Å²) in [6.07, 6.45) is 0. The Hall–Kier alpha value is -1.50. The molecular formula is C15H18ClNO2. The van der Waals surface area contributed by atoms with Crippen LogP contribution in [0, 0.1) is 23.7 Å². The van der Waals surface area contributed by atoms with Crippen LogP contribution in [0.1, 0.15) is 26.3 Å². The third kappa shape index (κ3) is 4.59. The van der Waals surface area contributed by atoms with Crippen LogP contribution in [0.25, 0.3) is 0 Å². The van der Waals surface area contributed by atoms with E-state index in [4.69, 9.17) is 16.7 Å². The normalized spacial score (nSPS) is 11.7. The molecule has 102 valence electrons. The second kappa shape index (κ2) is 7.18. The third-order valence-corrected chi connectivity index (χ3v) is 3.19. The molecule has 4 heteroatoms. The molecule has 1 aromatic carbocycles. The molecule has 1 atom stereocenters. The number of aliphatic hydroxyl groups is 1. The molecule has 0 heterocycles. The van der Waals surface area contributed by atoms with Gasteiger partial charge in [0.1, 0.15) is 6.61 Å². The molecule has 0 aliphatic heterocycles. The summed E-state index contributed by atoms with van der Waals surface area (Å²) >= 11 is 5.93. The van der Waals surface area contributed by atoms with Gasteiger partial charge in [-0.3, -0.25) is 4.79 Å². The van der Waals surface area contributed by atoms with Crippen molar-refractivity contribution in [2.24, 2.45) is 11.8 Å². The second-order valence-corrected chi connectivity index (χ2v) is 5.11. The molecule has 0 saturated carbocycles. The van der Waals surface area contributed by atoms with Crippen molar-refractivity contribution in [3.8, 4) is 11.8 Å². The summed E-state index contributed by atoms with van der Waals surface area (Å²) in [5, 5.41) is 12.1. The van der Waals surface area contributed by atoms with Crippen LogP contribution >= 0.6 is 11.6 Å². The number of benzene rings is 1. The van der Waals surface area contributed by atoms with Gasteiger partial charge in [0.15, 0.2) is 0 Å². The number of amides is 1. The molecule has 1 unspecified atom stereocenters. The monoisotopic (exact) mass is 279 g/mol. The van der Waals surface area contributed by atoms with E-state index in [9.17, 15) is 4.79 Å². The quantitative estimate of drug-likeness (QED) is 0.836. The van der Waals surface area contributed by atoms with E-state index in [-0.39, 0.29) is 24.3 Å². The van der Waals surface area contributed by atoms with Crippen molar-refractivity contribution in [1.82, 2.24) is 0 Å². The molecule has 0 radical (unpaired) electrons. The molecule has 0 fully saturated rings. The summed E-state index contributed by atoms with van der Waals surface area (Å²) in [4.78, 5) is 12.0. The van der Waals surface area contributed by atoms with Crippen molar-refractivity contribution < 1.29 is 9.90 Å². The van der Waals surface area contributed by atoms with Gasteiger partial charge in [0.05, 0.1) is 5.69 Å². The van der Waals surface area contributed by atoms with Gasteiger partial charge in [0.25, 0.3) is 0 Å². The molecule has 1 amide bonds. The van der Waals surface area contributed by atoms with Crippen molar-refractivity contribution in [2.45, 2.75) is 20.8 Å². The Morgan fingerprint density at radius 1 is 1.42 bits per heavy atom. The summed E-state index contributed by atoms with van der Waals surface area (Å²) in [5.74, 6) is 5.44. The fraction of sp³-hybridized carbons (Fsp3) is 0.400. The Morgan fingerprint density at radius 2 is 2.11 bits per heavy atom. The summed E-state index contributed by atoms with van der Waals surface area (Å²) in [5.41, 5.74) is 1.22. The van der Waals surface area contributed by atoms with Gasteiger partial charge < -0.3 is 10.4 Å². The number of aliphatic hydroxyl groups excluding tert-OH is 1. The van der Waals surface area contributed by atoms with E-state index in [1.807, 2.05) is 20.8 Å². The van der Waals surface area contributed by atoms with Crippen LogP contribution in [0.2, 0.25) is 5.02 Å². The van der Waals surface area contributed by atoms with E-state index in [0.717, 1.165) is 0 Å².